The summed E-state index contributed by atoms with van der Waals surface area (Å²) in [6, 6.07) is 9.55. The Morgan fingerprint density at radius 2 is 1.78 bits per heavy atom. The Bertz CT molecular complexity index is 427. The van der Waals surface area contributed by atoms with Crippen molar-refractivity contribution in [2.45, 2.75) is 17.7 Å². The van der Waals surface area contributed by atoms with E-state index in [2.05, 4.69) is 0 Å². The first-order valence-corrected chi connectivity index (χ1v) is 6.73. The van der Waals surface area contributed by atoms with Crippen molar-refractivity contribution in [2.24, 2.45) is 5.92 Å². The van der Waals surface area contributed by atoms with E-state index in [9.17, 15) is 9.59 Å². The molecule has 0 saturated carbocycles. The van der Waals surface area contributed by atoms with Gasteiger partial charge >= 0.3 is 6.09 Å². The number of piperidine rings is 1. The molecule has 1 aromatic rings. The van der Waals surface area contributed by atoms with E-state index in [1.165, 1.54) is 16.7 Å². The summed E-state index contributed by atoms with van der Waals surface area (Å²) in [6.07, 6.45) is 0.368. The minimum Gasteiger partial charge on any atom is -0.465 e. The van der Waals surface area contributed by atoms with Crippen molar-refractivity contribution in [3.05, 3.63) is 30.3 Å². The monoisotopic (exact) mass is 265 g/mol. The molecule has 96 valence electrons. The molecule has 1 N–H and O–H groups in total. The zero-order valence-corrected chi connectivity index (χ0v) is 10.7. The van der Waals surface area contributed by atoms with Gasteiger partial charge in [-0.05, 0) is 25.0 Å². The van der Waals surface area contributed by atoms with Crippen LogP contribution in [0.3, 0.4) is 0 Å². The number of hydrogen-bond acceptors (Lipinski definition) is 3. The number of thioether (sulfide) groups is 1. The quantitative estimate of drug-likeness (QED) is 0.835. The number of amides is 1. The average Bonchev–Trinajstić information content (AvgIpc) is 2.40. The van der Waals surface area contributed by atoms with Crippen LogP contribution in [-0.2, 0) is 4.79 Å². The minimum atomic E-state index is -0.892. The molecule has 1 aliphatic rings. The summed E-state index contributed by atoms with van der Waals surface area (Å²) in [7, 11) is 0. The molecule has 0 bridgehead atoms. The maximum Gasteiger partial charge on any atom is 0.407 e. The fraction of sp³-hybridized carbons (Fsp3) is 0.385. The van der Waals surface area contributed by atoms with Crippen LogP contribution in [0.4, 0.5) is 4.79 Å². The standard InChI is InChI=1S/C13H15NO3S/c15-12(18-11-4-2-1-3-5-11)10-6-8-14(9-7-10)13(16)17/h1-5,10H,6-9H2,(H,16,17). The highest BCUT2D eigenvalue weighted by Gasteiger charge is 2.27. The molecule has 0 spiro atoms. The van der Waals surface area contributed by atoms with Gasteiger partial charge in [0.05, 0.1) is 0 Å². The Morgan fingerprint density at radius 1 is 1.17 bits per heavy atom. The zero-order chi connectivity index (χ0) is 13.0. The molecule has 1 amide bonds. The van der Waals surface area contributed by atoms with Crippen molar-refractivity contribution in [3.8, 4) is 0 Å². The third-order valence-corrected chi connectivity index (χ3v) is 4.10. The molecule has 1 aliphatic heterocycles. The number of likely N-dealkylation sites (tertiary alicyclic amines) is 1. The number of carbonyl (C=O) groups excluding carboxylic acids is 1. The molecule has 0 radical (unpaired) electrons. The number of hydrogen-bond donors (Lipinski definition) is 1. The lowest BCUT2D eigenvalue weighted by Crippen LogP contribution is -2.38. The van der Waals surface area contributed by atoms with E-state index in [0.717, 1.165) is 4.90 Å². The largest absolute Gasteiger partial charge is 0.465 e. The predicted molar refractivity (Wildman–Crippen MR) is 69.6 cm³/mol. The topological polar surface area (TPSA) is 57.6 Å². The van der Waals surface area contributed by atoms with Gasteiger partial charge in [0.1, 0.15) is 0 Å². The molecule has 5 heteroatoms. The fourth-order valence-corrected chi connectivity index (χ4v) is 2.92. The van der Waals surface area contributed by atoms with E-state index in [1.807, 2.05) is 30.3 Å². The van der Waals surface area contributed by atoms with Crippen LogP contribution in [0.1, 0.15) is 12.8 Å². The van der Waals surface area contributed by atoms with Gasteiger partial charge in [0.15, 0.2) is 5.12 Å². The van der Waals surface area contributed by atoms with Crippen LogP contribution in [-0.4, -0.2) is 34.3 Å². The van der Waals surface area contributed by atoms with Crippen molar-refractivity contribution in [1.29, 1.82) is 0 Å². The lowest BCUT2D eigenvalue weighted by molar-refractivity contribution is -0.115. The third kappa shape index (κ3) is 3.26. The molecule has 1 saturated heterocycles. The van der Waals surface area contributed by atoms with Gasteiger partial charge in [0, 0.05) is 23.9 Å². The Labute approximate surface area is 110 Å². The summed E-state index contributed by atoms with van der Waals surface area (Å²) in [4.78, 5) is 25.1. The molecule has 1 heterocycles. The van der Waals surface area contributed by atoms with Crippen LogP contribution in [0.5, 0.6) is 0 Å². The van der Waals surface area contributed by atoms with Gasteiger partial charge in [-0.25, -0.2) is 4.79 Å². The number of benzene rings is 1. The fourth-order valence-electron chi connectivity index (χ4n) is 1.99. The van der Waals surface area contributed by atoms with Crippen LogP contribution in [0.15, 0.2) is 35.2 Å². The van der Waals surface area contributed by atoms with E-state index in [0.29, 0.717) is 25.9 Å². The Balaban J connectivity index is 1.86. The van der Waals surface area contributed by atoms with E-state index in [1.54, 1.807) is 0 Å². The summed E-state index contributed by atoms with van der Waals surface area (Å²) in [5, 5.41) is 8.98. The molecule has 1 fully saturated rings. The van der Waals surface area contributed by atoms with E-state index in [-0.39, 0.29) is 11.0 Å². The normalized spacial score (nSPS) is 16.6. The van der Waals surface area contributed by atoms with Gasteiger partial charge in [0.2, 0.25) is 0 Å². The molecule has 0 atom stereocenters. The van der Waals surface area contributed by atoms with Crippen LogP contribution in [0, 0.1) is 5.92 Å². The third-order valence-electron chi connectivity index (χ3n) is 3.06. The van der Waals surface area contributed by atoms with Gasteiger partial charge < -0.3 is 10.0 Å². The van der Waals surface area contributed by atoms with E-state index in [4.69, 9.17) is 5.11 Å². The lowest BCUT2D eigenvalue weighted by Gasteiger charge is -2.28. The van der Waals surface area contributed by atoms with Gasteiger partial charge in [-0.3, -0.25) is 4.79 Å². The van der Waals surface area contributed by atoms with E-state index < -0.39 is 6.09 Å². The highest BCUT2D eigenvalue weighted by molar-refractivity contribution is 8.13. The Morgan fingerprint density at radius 3 is 2.33 bits per heavy atom. The van der Waals surface area contributed by atoms with Crippen LogP contribution in [0.2, 0.25) is 0 Å². The predicted octanol–water partition coefficient (Wildman–Crippen LogP) is 2.70. The first kappa shape index (κ1) is 13.0. The summed E-state index contributed by atoms with van der Waals surface area (Å²) < 4.78 is 0. The van der Waals surface area contributed by atoms with Gasteiger partial charge in [-0.1, -0.05) is 30.0 Å². The van der Waals surface area contributed by atoms with Crippen LogP contribution >= 0.6 is 11.8 Å². The van der Waals surface area contributed by atoms with Gasteiger partial charge in [-0.2, -0.15) is 0 Å². The smallest absolute Gasteiger partial charge is 0.407 e. The highest BCUT2D eigenvalue weighted by atomic mass is 32.2. The van der Waals surface area contributed by atoms with Gasteiger partial charge in [0.25, 0.3) is 0 Å². The second-order valence-electron chi connectivity index (χ2n) is 4.28. The van der Waals surface area contributed by atoms with Crippen molar-refractivity contribution >= 4 is 23.0 Å². The Kier molecular flexibility index (Phi) is 4.25. The molecule has 0 aromatic heterocycles. The SMILES string of the molecule is O=C(Sc1ccccc1)C1CCN(C(=O)O)CC1. The summed E-state index contributed by atoms with van der Waals surface area (Å²) in [6.45, 7) is 0.919. The first-order chi connectivity index (χ1) is 8.66. The number of nitrogens with zero attached hydrogens (tertiary/aromatic N) is 1. The molecule has 18 heavy (non-hydrogen) atoms. The lowest BCUT2D eigenvalue weighted by atomic mass is 9.99. The van der Waals surface area contributed by atoms with Crippen molar-refractivity contribution in [1.82, 2.24) is 4.90 Å². The minimum absolute atomic E-state index is 0.0224. The molecule has 1 aromatic carbocycles. The van der Waals surface area contributed by atoms with Crippen molar-refractivity contribution in [3.63, 3.8) is 0 Å². The molecule has 2 rings (SSSR count). The maximum absolute atomic E-state index is 12.0. The van der Waals surface area contributed by atoms with Gasteiger partial charge in [-0.15, -0.1) is 0 Å². The van der Waals surface area contributed by atoms with E-state index >= 15 is 0 Å². The second-order valence-corrected chi connectivity index (χ2v) is 5.36. The number of carboxylic acid groups (broad SMARTS) is 1. The second kappa shape index (κ2) is 5.91. The highest BCUT2D eigenvalue weighted by Crippen LogP contribution is 2.27. The molecule has 0 aliphatic carbocycles. The first-order valence-electron chi connectivity index (χ1n) is 5.91. The summed E-state index contributed by atoms with van der Waals surface area (Å²) in [5.41, 5.74) is 0. The van der Waals surface area contributed by atoms with Crippen molar-refractivity contribution < 1.29 is 14.7 Å². The molecular formula is C13H15NO3S. The van der Waals surface area contributed by atoms with Crippen molar-refractivity contribution in [2.75, 3.05) is 13.1 Å². The number of carbonyl (C=O) groups is 2. The summed E-state index contributed by atoms with van der Waals surface area (Å²) in [5.74, 6) is -0.0224. The summed E-state index contributed by atoms with van der Waals surface area (Å²) >= 11 is 1.25. The number of rotatable bonds is 2. The average molecular weight is 265 g/mol. The zero-order valence-electron chi connectivity index (χ0n) is 9.91. The van der Waals surface area contributed by atoms with Crippen LogP contribution in [0.25, 0.3) is 0 Å². The maximum atomic E-state index is 12.0. The van der Waals surface area contributed by atoms with Crippen LogP contribution < -0.4 is 0 Å². The molecular weight excluding hydrogens is 250 g/mol. The molecule has 0 unspecified atom stereocenters. The molecule has 4 nitrogen and oxygen atoms in total. The Hall–Kier alpha value is -1.49.